The highest BCUT2D eigenvalue weighted by Crippen LogP contribution is 2.18. The van der Waals surface area contributed by atoms with E-state index in [4.69, 9.17) is 4.42 Å². The van der Waals surface area contributed by atoms with Gasteiger partial charge in [-0.3, -0.25) is 0 Å². The number of hydrogen-bond donors (Lipinski definition) is 1. The maximum atomic E-state index is 13.2. The molecule has 0 aliphatic rings. The first-order valence-electron chi connectivity index (χ1n) is 4.77. The second-order valence-corrected chi connectivity index (χ2v) is 3.40. The van der Waals surface area contributed by atoms with Gasteiger partial charge in [0.15, 0.2) is 0 Å². The SMILES string of the molecule is Cc1c(F)cccc1NCc1ccoc1. The van der Waals surface area contributed by atoms with Crippen LogP contribution in [0, 0.1) is 12.7 Å². The summed E-state index contributed by atoms with van der Waals surface area (Å²) in [4.78, 5) is 0. The van der Waals surface area contributed by atoms with Gasteiger partial charge in [0.1, 0.15) is 5.82 Å². The first-order chi connectivity index (χ1) is 7.27. The Hall–Kier alpha value is -1.77. The lowest BCUT2D eigenvalue weighted by Gasteiger charge is -2.08. The van der Waals surface area contributed by atoms with Crippen molar-refractivity contribution >= 4 is 5.69 Å². The van der Waals surface area contributed by atoms with E-state index in [1.54, 1.807) is 25.5 Å². The van der Waals surface area contributed by atoms with Crippen LogP contribution in [-0.2, 0) is 6.54 Å². The molecule has 0 atom stereocenters. The van der Waals surface area contributed by atoms with E-state index < -0.39 is 0 Å². The lowest BCUT2D eigenvalue weighted by atomic mass is 10.2. The Morgan fingerprint density at radius 3 is 2.93 bits per heavy atom. The van der Waals surface area contributed by atoms with Crippen molar-refractivity contribution in [1.29, 1.82) is 0 Å². The zero-order valence-electron chi connectivity index (χ0n) is 8.46. The van der Waals surface area contributed by atoms with Crippen LogP contribution in [0.15, 0.2) is 41.2 Å². The highest BCUT2D eigenvalue weighted by atomic mass is 19.1. The molecule has 1 heterocycles. The average Bonchev–Trinajstić information content (AvgIpc) is 2.73. The number of anilines is 1. The third kappa shape index (κ3) is 2.18. The number of nitrogens with one attached hydrogen (secondary N) is 1. The van der Waals surface area contributed by atoms with Crippen molar-refractivity contribution in [2.45, 2.75) is 13.5 Å². The Labute approximate surface area is 87.7 Å². The first kappa shape index (κ1) is 9.77. The summed E-state index contributed by atoms with van der Waals surface area (Å²) < 4.78 is 18.1. The molecule has 0 saturated carbocycles. The fourth-order valence-corrected chi connectivity index (χ4v) is 1.39. The zero-order valence-corrected chi connectivity index (χ0v) is 8.46. The van der Waals surface area contributed by atoms with Crippen molar-refractivity contribution in [2.24, 2.45) is 0 Å². The second-order valence-electron chi connectivity index (χ2n) is 3.40. The molecule has 1 aromatic carbocycles. The van der Waals surface area contributed by atoms with Crippen LogP contribution in [0.1, 0.15) is 11.1 Å². The molecular weight excluding hydrogens is 193 g/mol. The highest BCUT2D eigenvalue weighted by Gasteiger charge is 2.02. The van der Waals surface area contributed by atoms with Crippen LogP contribution in [0.2, 0.25) is 0 Å². The Kier molecular flexibility index (Phi) is 2.72. The monoisotopic (exact) mass is 205 g/mol. The number of halogens is 1. The van der Waals surface area contributed by atoms with Gasteiger partial charge >= 0.3 is 0 Å². The quantitative estimate of drug-likeness (QED) is 0.831. The predicted octanol–water partition coefficient (Wildman–Crippen LogP) is 3.34. The molecule has 0 unspecified atom stereocenters. The fourth-order valence-electron chi connectivity index (χ4n) is 1.39. The second kappa shape index (κ2) is 4.17. The van der Waals surface area contributed by atoms with Gasteiger partial charge in [0.25, 0.3) is 0 Å². The molecule has 0 amide bonds. The Bertz CT molecular complexity index is 437. The topological polar surface area (TPSA) is 25.2 Å². The van der Waals surface area contributed by atoms with E-state index in [2.05, 4.69) is 5.32 Å². The molecule has 0 fully saturated rings. The number of benzene rings is 1. The van der Waals surface area contributed by atoms with Crippen LogP contribution in [0.25, 0.3) is 0 Å². The predicted molar refractivity (Wildman–Crippen MR) is 57.2 cm³/mol. The lowest BCUT2D eigenvalue weighted by molar-refractivity contribution is 0.564. The minimum atomic E-state index is -0.188. The summed E-state index contributed by atoms with van der Waals surface area (Å²) in [6.07, 6.45) is 3.29. The first-order valence-corrected chi connectivity index (χ1v) is 4.77. The van der Waals surface area contributed by atoms with Gasteiger partial charge in [-0.15, -0.1) is 0 Å². The van der Waals surface area contributed by atoms with Crippen molar-refractivity contribution in [3.8, 4) is 0 Å². The van der Waals surface area contributed by atoms with Gasteiger partial charge in [0.05, 0.1) is 12.5 Å². The van der Waals surface area contributed by atoms with Gasteiger partial charge in [-0.05, 0) is 25.1 Å². The van der Waals surface area contributed by atoms with Crippen molar-refractivity contribution in [3.05, 3.63) is 53.7 Å². The molecule has 0 radical (unpaired) electrons. The van der Waals surface area contributed by atoms with Gasteiger partial charge in [0.2, 0.25) is 0 Å². The largest absolute Gasteiger partial charge is 0.472 e. The molecule has 2 nitrogen and oxygen atoms in total. The van der Waals surface area contributed by atoms with Crippen molar-refractivity contribution < 1.29 is 8.81 Å². The minimum absolute atomic E-state index is 0.188. The molecule has 2 rings (SSSR count). The molecule has 0 aliphatic heterocycles. The van der Waals surface area contributed by atoms with Crippen LogP contribution >= 0.6 is 0 Å². The third-order valence-electron chi connectivity index (χ3n) is 2.33. The Morgan fingerprint density at radius 1 is 1.33 bits per heavy atom. The summed E-state index contributed by atoms with van der Waals surface area (Å²) in [5, 5.41) is 3.16. The van der Waals surface area contributed by atoms with Crippen LogP contribution in [0.5, 0.6) is 0 Å². The molecule has 0 saturated heterocycles. The van der Waals surface area contributed by atoms with Gasteiger partial charge in [-0.25, -0.2) is 4.39 Å². The Balaban J connectivity index is 2.08. The number of furan rings is 1. The highest BCUT2D eigenvalue weighted by molar-refractivity contribution is 5.51. The maximum Gasteiger partial charge on any atom is 0.128 e. The molecular formula is C12H12FNO. The summed E-state index contributed by atoms with van der Waals surface area (Å²) in [6.45, 7) is 2.40. The van der Waals surface area contributed by atoms with Crippen LogP contribution in [-0.4, -0.2) is 0 Å². The molecule has 1 N–H and O–H groups in total. The van der Waals surface area contributed by atoms with E-state index in [-0.39, 0.29) is 5.82 Å². The van der Waals surface area contributed by atoms with Gasteiger partial charge in [-0.1, -0.05) is 6.07 Å². The number of rotatable bonds is 3. The molecule has 15 heavy (non-hydrogen) atoms. The minimum Gasteiger partial charge on any atom is -0.472 e. The molecule has 0 aliphatic carbocycles. The van der Waals surface area contributed by atoms with E-state index >= 15 is 0 Å². The molecule has 1 aromatic heterocycles. The molecule has 0 bridgehead atoms. The van der Waals surface area contributed by atoms with Crippen molar-refractivity contribution in [1.82, 2.24) is 0 Å². The Morgan fingerprint density at radius 2 is 2.20 bits per heavy atom. The molecule has 78 valence electrons. The van der Waals surface area contributed by atoms with E-state index in [1.807, 2.05) is 12.1 Å². The van der Waals surface area contributed by atoms with E-state index in [0.717, 1.165) is 11.3 Å². The lowest BCUT2D eigenvalue weighted by Crippen LogP contribution is -2.00. The van der Waals surface area contributed by atoms with Gasteiger partial charge in [0, 0.05) is 23.4 Å². The molecule has 0 spiro atoms. The molecule has 3 heteroatoms. The summed E-state index contributed by atoms with van der Waals surface area (Å²) in [5.41, 5.74) is 2.50. The normalized spacial score (nSPS) is 10.3. The third-order valence-corrected chi connectivity index (χ3v) is 2.33. The van der Waals surface area contributed by atoms with E-state index in [9.17, 15) is 4.39 Å². The standard InChI is InChI=1S/C12H12FNO/c1-9-11(13)3-2-4-12(9)14-7-10-5-6-15-8-10/h2-6,8,14H,7H2,1H3. The maximum absolute atomic E-state index is 13.2. The van der Waals surface area contributed by atoms with Gasteiger partial charge in [-0.2, -0.15) is 0 Å². The molecule has 2 aromatic rings. The average molecular weight is 205 g/mol. The van der Waals surface area contributed by atoms with Crippen LogP contribution in [0.4, 0.5) is 10.1 Å². The smallest absolute Gasteiger partial charge is 0.128 e. The van der Waals surface area contributed by atoms with Crippen LogP contribution in [0.3, 0.4) is 0 Å². The zero-order chi connectivity index (χ0) is 10.7. The van der Waals surface area contributed by atoms with Crippen molar-refractivity contribution in [3.63, 3.8) is 0 Å². The van der Waals surface area contributed by atoms with Gasteiger partial charge < -0.3 is 9.73 Å². The van der Waals surface area contributed by atoms with E-state index in [0.29, 0.717) is 12.1 Å². The summed E-state index contributed by atoms with van der Waals surface area (Å²) in [7, 11) is 0. The van der Waals surface area contributed by atoms with E-state index in [1.165, 1.54) is 6.07 Å². The van der Waals surface area contributed by atoms with Crippen molar-refractivity contribution in [2.75, 3.05) is 5.32 Å². The van der Waals surface area contributed by atoms with Crippen LogP contribution < -0.4 is 5.32 Å². The summed E-state index contributed by atoms with van der Waals surface area (Å²) in [5.74, 6) is -0.188. The summed E-state index contributed by atoms with van der Waals surface area (Å²) in [6, 6.07) is 6.89. The fraction of sp³-hybridized carbons (Fsp3) is 0.167. The summed E-state index contributed by atoms with van der Waals surface area (Å²) >= 11 is 0. The number of hydrogen-bond acceptors (Lipinski definition) is 2.